The van der Waals surface area contributed by atoms with Gasteiger partial charge < -0.3 is 39.4 Å². The lowest BCUT2D eigenvalue weighted by Gasteiger charge is -2.39. The number of esters is 1. The third kappa shape index (κ3) is 23.1. The van der Waals surface area contributed by atoms with Gasteiger partial charge in [0.25, 0.3) is 0 Å². The van der Waals surface area contributed by atoms with Gasteiger partial charge in [-0.2, -0.15) is 0 Å². The summed E-state index contributed by atoms with van der Waals surface area (Å²) in [6.07, 6.45) is 26.4. The second-order valence-corrected chi connectivity index (χ2v) is 13.4. The fourth-order valence-corrected chi connectivity index (χ4v) is 5.76. The molecule has 0 spiro atoms. The molecular formula is C39H72O9. The Morgan fingerprint density at radius 3 is 1.81 bits per heavy atom. The summed E-state index contributed by atoms with van der Waals surface area (Å²) >= 11 is 0. The quantitative estimate of drug-likeness (QED) is 0.0323. The van der Waals surface area contributed by atoms with Crippen molar-refractivity contribution in [1.82, 2.24) is 0 Å². The SMILES string of the molecule is CCCCCC/C=C\C/C=C\CCCCCCCCOCC(COC1OC(CO)C(O)C(O)C1O)OC(=O)CCCCCCCCCC. The number of hydrogen-bond donors (Lipinski definition) is 4. The van der Waals surface area contributed by atoms with E-state index in [1.165, 1.54) is 83.5 Å². The first kappa shape index (κ1) is 44.7. The van der Waals surface area contributed by atoms with E-state index in [-0.39, 0.29) is 19.2 Å². The number of rotatable bonds is 32. The molecule has 0 aliphatic carbocycles. The van der Waals surface area contributed by atoms with Crippen LogP contribution in [0.1, 0.15) is 155 Å². The molecule has 1 aliphatic rings. The van der Waals surface area contributed by atoms with E-state index in [1.807, 2.05) is 0 Å². The highest BCUT2D eigenvalue weighted by atomic mass is 16.7. The van der Waals surface area contributed by atoms with Gasteiger partial charge in [0, 0.05) is 13.0 Å². The number of aliphatic hydroxyl groups is 4. The van der Waals surface area contributed by atoms with Crippen molar-refractivity contribution < 1.29 is 44.2 Å². The van der Waals surface area contributed by atoms with Crippen LogP contribution in [0, 0.1) is 0 Å². The highest BCUT2D eigenvalue weighted by Crippen LogP contribution is 2.22. The number of carbonyl (C=O) groups is 1. The zero-order valence-corrected chi connectivity index (χ0v) is 30.5. The molecule has 1 fully saturated rings. The largest absolute Gasteiger partial charge is 0.457 e. The summed E-state index contributed by atoms with van der Waals surface area (Å²) in [5.74, 6) is -0.323. The highest BCUT2D eigenvalue weighted by Gasteiger charge is 2.44. The number of ether oxygens (including phenoxy) is 4. The molecule has 6 atom stereocenters. The van der Waals surface area contributed by atoms with Crippen molar-refractivity contribution in [2.75, 3.05) is 26.4 Å². The van der Waals surface area contributed by atoms with Gasteiger partial charge in [0.15, 0.2) is 6.29 Å². The van der Waals surface area contributed by atoms with Gasteiger partial charge >= 0.3 is 5.97 Å². The molecule has 0 amide bonds. The van der Waals surface area contributed by atoms with Crippen LogP contribution in [0.2, 0.25) is 0 Å². The third-order valence-electron chi connectivity index (χ3n) is 8.87. The number of allylic oxidation sites excluding steroid dienone is 4. The molecule has 1 saturated heterocycles. The predicted molar refractivity (Wildman–Crippen MR) is 192 cm³/mol. The lowest BCUT2D eigenvalue weighted by atomic mass is 9.99. The van der Waals surface area contributed by atoms with Gasteiger partial charge in [-0.05, 0) is 44.9 Å². The first-order valence-corrected chi connectivity index (χ1v) is 19.4. The number of carbonyl (C=O) groups excluding carboxylic acids is 1. The van der Waals surface area contributed by atoms with Crippen LogP contribution in [-0.2, 0) is 23.7 Å². The molecule has 1 heterocycles. The van der Waals surface area contributed by atoms with Crippen LogP contribution >= 0.6 is 0 Å². The Kier molecular flexibility index (Phi) is 29.5. The van der Waals surface area contributed by atoms with Crippen molar-refractivity contribution in [3.05, 3.63) is 24.3 Å². The summed E-state index contributed by atoms with van der Waals surface area (Å²) in [7, 11) is 0. The minimum Gasteiger partial charge on any atom is -0.457 e. The number of aliphatic hydroxyl groups excluding tert-OH is 4. The van der Waals surface area contributed by atoms with Crippen LogP contribution < -0.4 is 0 Å². The van der Waals surface area contributed by atoms with Gasteiger partial charge in [0.05, 0.1) is 19.8 Å². The highest BCUT2D eigenvalue weighted by molar-refractivity contribution is 5.69. The molecule has 9 heteroatoms. The maximum atomic E-state index is 12.6. The number of unbranched alkanes of at least 4 members (excludes halogenated alkanes) is 17. The van der Waals surface area contributed by atoms with Gasteiger partial charge in [0.2, 0.25) is 0 Å². The van der Waals surface area contributed by atoms with Crippen molar-refractivity contribution in [2.24, 2.45) is 0 Å². The average Bonchev–Trinajstić information content (AvgIpc) is 3.08. The predicted octanol–water partition coefficient (Wildman–Crippen LogP) is 7.47. The standard InChI is InChI=1S/C39H72O9/c1-3-5-7-9-11-13-14-15-16-17-18-19-20-21-23-25-27-29-45-31-33(47-35(41)28-26-24-22-12-10-8-6-4-2)32-46-39-38(44)37(43)36(42)34(30-40)48-39/h13-14,16-17,33-34,36-40,42-44H,3-12,15,18-32H2,1-2H3/b14-13-,17-16-. The molecule has 0 saturated carbocycles. The van der Waals surface area contributed by atoms with Crippen molar-refractivity contribution in [1.29, 1.82) is 0 Å². The molecule has 0 aromatic rings. The summed E-state index contributed by atoms with van der Waals surface area (Å²) in [6, 6.07) is 0. The van der Waals surface area contributed by atoms with Gasteiger partial charge in [-0.1, -0.05) is 128 Å². The first-order valence-electron chi connectivity index (χ1n) is 19.4. The summed E-state index contributed by atoms with van der Waals surface area (Å²) < 4.78 is 22.6. The fourth-order valence-electron chi connectivity index (χ4n) is 5.76. The topological polar surface area (TPSA) is 135 Å². The van der Waals surface area contributed by atoms with Gasteiger partial charge in [-0.25, -0.2) is 0 Å². The van der Waals surface area contributed by atoms with Crippen LogP contribution in [0.15, 0.2) is 24.3 Å². The zero-order valence-electron chi connectivity index (χ0n) is 30.5. The molecule has 0 radical (unpaired) electrons. The fraction of sp³-hybridized carbons (Fsp3) is 0.872. The molecular weight excluding hydrogens is 612 g/mol. The van der Waals surface area contributed by atoms with E-state index in [1.54, 1.807) is 0 Å². The van der Waals surface area contributed by atoms with Gasteiger partial charge in [0.1, 0.15) is 30.5 Å². The molecule has 4 N–H and O–H groups in total. The van der Waals surface area contributed by atoms with Crippen molar-refractivity contribution in [2.45, 2.75) is 192 Å². The maximum Gasteiger partial charge on any atom is 0.306 e. The Morgan fingerprint density at radius 2 is 1.21 bits per heavy atom. The normalized spacial score (nSPS) is 22.2. The van der Waals surface area contributed by atoms with E-state index in [0.717, 1.165) is 51.4 Å². The monoisotopic (exact) mass is 685 g/mol. The maximum absolute atomic E-state index is 12.6. The Labute approximate surface area is 292 Å². The van der Waals surface area contributed by atoms with Crippen LogP contribution in [0.4, 0.5) is 0 Å². The van der Waals surface area contributed by atoms with E-state index < -0.39 is 43.4 Å². The second kappa shape index (κ2) is 31.6. The third-order valence-corrected chi connectivity index (χ3v) is 8.87. The smallest absolute Gasteiger partial charge is 0.306 e. The van der Waals surface area contributed by atoms with Crippen LogP contribution in [-0.4, -0.2) is 89.6 Å². The van der Waals surface area contributed by atoms with E-state index in [2.05, 4.69) is 38.2 Å². The molecule has 9 nitrogen and oxygen atoms in total. The van der Waals surface area contributed by atoms with Gasteiger partial charge in [-0.15, -0.1) is 0 Å². The van der Waals surface area contributed by atoms with Crippen molar-refractivity contribution in [3.8, 4) is 0 Å². The Balaban J connectivity index is 2.29. The van der Waals surface area contributed by atoms with E-state index in [9.17, 15) is 25.2 Å². The second-order valence-electron chi connectivity index (χ2n) is 13.4. The minimum absolute atomic E-state index is 0.115. The summed E-state index contributed by atoms with van der Waals surface area (Å²) in [5, 5.41) is 39.9. The van der Waals surface area contributed by atoms with Crippen LogP contribution in [0.5, 0.6) is 0 Å². The summed E-state index contributed by atoms with van der Waals surface area (Å²) in [4.78, 5) is 12.6. The average molecular weight is 685 g/mol. The van der Waals surface area contributed by atoms with Crippen LogP contribution in [0.3, 0.4) is 0 Å². The molecule has 1 aliphatic heterocycles. The van der Waals surface area contributed by atoms with Gasteiger partial charge in [-0.3, -0.25) is 4.79 Å². The van der Waals surface area contributed by atoms with E-state index in [4.69, 9.17) is 18.9 Å². The molecule has 282 valence electrons. The lowest BCUT2D eigenvalue weighted by molar-refractivity contribution is -0.305. The van der Waals surface area contributed by atoms with Crippen molar-refractivity contribution in [3.63, 3.8) is 0 Å². The molecule has 6 unspecified atom stereocenters. The first-order chi connectivity index (χ1) is 23.4. The van der Waals surface area contributed by atoms with E-state index >= 15 is 0 Å². The molecule has 1 rings (SSSR count). The summed E-state index contributed by atoms with van der Waals surface area (Å²) in [6.45, 7) is 4.48. The molecule has 0 aromatic carbocycles. The number of hydrogen-bond acceptors (Lipinski definition) is 9. The molecule has 48 heavy (non-hydrogen) atoms. The Hall–Kier alpha value is -1.33. The lowest BCUT2D eigenvalue weighted by Crippen LogP contribution is -2.59. The minimum atomic E-state index is -1.53. The zero-order chi connectivity index (χ0) is 35.1. The summed E-state index contributed by atoms with van der Waals surface area (Å²) in [5.41, 5.74) is 0. The van der Waals surface area contributed by atoms with E-state index in [0.29, 0.717) is 13.0 Å². The molecule has 0 aromatic heterocycles. The Bertz CT molecular complexity index is 787. The van der Waals surface area contributed by atoms with Crippen LogP contribution in [0.25, 0.3) is 0 Å². The van der Waals surface area contributed by atoms with Crippen molar-refractivity contribution >= 4 is 5.97 Å². The Morgan fingerprint density at radius 1 is 0.667 bits per heavy atom. The molecule has 0 bridgehead atoms.